The van der Waals surface area contributed by atoms with E-state index < -0.39 is 0 Å². The van der Waals surface area contributed by atoms with Gasteiger partial charge in [0.25, 0.3) is 0 Å². The first-order valence-corrected chi connectivity index (χ1v) is 9.13. The Kier molecular flexibility index (Phi) is 7.81. The fourth-order valence-electron chi connectivity index (χ4n) is 3.95. The van der Waals surface area contributed by atoms with Gasteiger partial charge in [0.1, 0.15) is 0 Å². The van der Waals surface area contributed by atoms with E-state index in [1.165, 1.54) is 56.1 Å². The van der Waals surface area contributed by atoms with Crippen molar-refractivity contribution < 1.29 is 0 Å². The Morgan fingerprint density at radius 3 is 1.58 bits per heavy atom. The Balaban J connectivity index is 0.00000208. The summed E-state index contributed by atoms with van der Waals surface area (Å²) in [5, 5.41) is 0. The number of rotatable bonds is 6. The molecule has 2 heteroatoms. The van der Waals surface area contributed by atoms with Gasteiger partial charge in [0.05, 0.1) is 0 Å². The highest BCUT2D eigenvalue weighted by Gasteiger charge is 2.26. The van der Waals surface area contributed by atoms with Crippen molar-refractivity contribution in [2.24, 2.45) is 0 Å². The van der Waals surface area contributed by atoms with Crippen LogP contribution in [0.3, 0.4) is 0 Å². The number of nitrogens with zero attached hydrogens (tertiary/aromatic N) is 1. The average molecular weight is 344 g/mol. The maximum Gasteiger partial charge on any atom is 0.00983 e. The van der Waals surface area contributed by atoms with E-state index in [0.29, 0.717) is 0 Å². The maximum absolute atomic E-state index is 2.68. The van der Waals surface area contributed by atoms with Crippen molar-refractivity contribution in [2.45, 2.75) is 57.0 Å². The highest BCUT2D eigenvalue weighted by Crippen LogP contribution is 2.27. The number of benzene rings is 2. The van der Waals surface area contributed by atoms with Gasteiger partial charge in [0.2, 0.25) is 0 Å². The van der Waals surface area contributed by atoms with Crippen LogP contribution < -0.4 is 0 Å². The van der Waals surface area contributed by atoms with Crippen molar-refractivity contribution in [3.05, 3.63) is 71.8 Å². The molecule has 0 bridgehead atoms. The predicted molar refractivity (Wildman–Crippen MR) is 106 cm³/mol. The lowest BCUT2D eigenvalue weighted by Crippen LogP contribution is -2.44. The minimum atomic E-state index is 0. The molecule has 2 aromatic rings. The van der Waals surface area contributed by atoms with Crippen molar-refractivity contribution in [3.63, 3.8) is 0 Å². The van der Waals surface area contributed by atoms with E-state index in [2.05, 4.69) is 72.6 Å². The van der Waals surface area contributed by atoms with Crippen molar-refractivity contribution in [1.82, 2.24) is 4.90 Å². The maximum atomic E-state index is 2.68. The van der Waals surface area contributed by atoms with E-state index in [1.54, 1.807) is 0 Å². The van der Waals surface area contributed by atoms with Crippen molar-refractivity contribution in [2.75, 3.05) is 7.05 Å². The molecule has 3 rings (SSSR count). The third-order valence-electron chi connectivity index (χ3n) is 5.44. The van der Waals surface area contributed by atoms with Crippen LogP contribution in [0.4, 0.5) is 0 Å². The molecule has 1 aliphatic rings. The lowest BCUT2D eigenvalue weighted by Gasteiger charge is -2.40. The summed E-state index contributed by atoms with van der Waals surface area (Å²) in [6.07, 6.45) is 9.13. The smallest absolute Gasteiger partial charge is 0.00983 e. The molecular formula is C22H30ClN. The van der Waals surface area contributed by atoms with Gasteiger partial charge < -0.3 is 4.90 Å². The number of hydrogen-bond donors (Lipinski definition) is 0. The lowest BCUT2D eigenvalue weighted by molar-refractivity contribution is 0.103. The molecule has 1 heterocycles. The molecule has 0 radical (unpaired) electrons. The Morgan fingerprint density at radius 2 is 1.17 bits per heavy atom. The SMILES string of the molecule is CN1[C@@H](CCc2ccccc2)CCC[C@H]1CCc1ccccc1.Cl. The molecular weight excluding hydrogens is 314 g/mol. The third kappa shape index (κ3) is 5.36. The van der Waals surface area contributed by atoms with Crippen LogP contribution in [0.15, 0.2) is 60.7 Å². The predicted octanol–water partition coefficient (Wildman–Crippen LogP) is 5.53. The molecule has 1 saturated heterocycles. The molecule has 130 valence electrons. The first-order chi connectivity index (χ1) is 11.3. The normalized spacial score (nSPS) is 21.2. The Hall–Kier alpha value is -1.31. The Bertz CT molecular complexity index is 518. The molecule has 0 spiro atoms. The van der Waals surface area contributed by atoms with E-state index in [-0.39, 0.29) is 12.4 Å². The van der Waals surface area contributed by atoms with E-state index in [4.69, 9.17) is 0 Å². The first kappa shape index (κ1) is 19.0. The zero-order valence-corrected chi connectivity index (χ0v) is 15.5. The van der Waals surface area contributed by atoms with Crippen LogP contribution in [0.25, 0.3) is 0 Å². The van der Waals surface area contributed by atoms with E-state index >= 15 is 0 Å². The van der Waals surface area contributed by atoms with Gasteiger partial charge in [0.15, 0.2) is 0 Å². The zero-order valence-electron chi connectivity index (χ0n) is 14.7. The molecule has 0 saturated carbocycles. The van der Waals surface area contributed by atoms with Crippen LogP contribution in [0.5, 0.6) is 0 Å². The molecule has 0 unspecified atom stereocenters. The van der Waals surface area contributed by atoms with E-state index in [9.17, 15) is 0 Å². The number of aryl methyl sites for hydroxylation is 2. The molecule has 2 atom stereocenters. The second-order valence-electron chi connectivity index (χ2n) is 6.95. The van der Waals surface area contributed by atoms with Crippen LogP contribution in [0.2, 0.25) is 0 Å². The zero-order chi connectivity index (χ0) is 15.9. The summed E-state index contributed by atoms with van der Waals surface area (Å²) < 4.78 is 0. The van der Waals surface area contributed by atoms with Gasteiger partial charge in [0, 0.05) is 12.1 Å². The van der Waals surface area contributed by atoms with Crippen molar-refractivity contribution in [1.29, 1.82) is 0 Å². The minimum absolute atomic E-state index is 0. The Morgan fingerprint density at radius 1 is 0.750 bits per heavy atom. The number of halogens is 1. The fourth-order valence-corrected chi connectivity index (χ4v) is 3.95. The van der Waals surface area contributed by atoms with Gasteiger partial charge in [-0.1, -0.05) is 67.1 Å². The molecule has 0 N–H and O–H groups in total. The lowest BCUT2D eigenvalue weighted by atomic mass is 9.89. The van der Waals surface area contributed by atoms with Gasteiger partial charge in [-0.3, -0.25) is 0 Å². The quantitative estimate of drug-likeness (QED) is 0.666. The van der Waals surface area contributed by atoms with Gasteiger partial charge in [-0.2, -0.15) is 0 Å². The van der Waals surface area contributed by atoms with Crippen LogP contribution in [-0.4, -0.2) is 24.0 Å². The number of likely N-dealkylation sites (tertiary alicyclic amines) is 1. The second kappa shape index (κ2) is 9.86. The summed E-state index contributed by atoms with van der Waals surface area (Å²) in [4.78, 5) is 2.68. The third-order valence-corrected chi connectivity index (χ3v) is 5.44. The van der Waals surface area contributed by atoms with Gasteiger partial charge in [-0.05, 0) is 56.7 Å². The van der Waals surface area contributed by atoms with Crippen LogP contribution in [0.1, 0.15) is 43.2 Å². The molecule has 0 amide bonds. The molecule has 0 aliphatic carbocycles. The molecule has 24 heavy (non-hydrogen) atoms. The second-order valence-corrected chi connectivity index (χ2v) is 6.95. The van der Waals surface area contributed by atoms with Crippen LogP contribution >= 0.6 is 12.4 Å². The summed E-state index contributed by atoms with van der Waals surface area (Å²) in [6.45, 7) is 0. The molecule has 1 aliphatic heterocycles. The van der Waals surface area contributed by atoms with E-state index in [0.717, 1.165) is 12.1 Å². The topological polar surface area (TPSA) is 3.24 Å². The highest BCUT2D eigenvalue weighted by molar-refractivity contribution is 5.85. The largest absolute Gasteiger partial charge is 0.300 e. The van der Waals surface area contributed by atoms with Gasteiger partial charge in [-0.15, -0.1) is 12.4 Å². The van der Waals surface area contributed by atoms with Crippen molar-refractivity contribution >= 4 is 12.4 Å². The summed E-state index contributed by atoms with van der Waals surface area (Å²) in [5.74, 6) is 0. The van der Waals surface area contributed by atoms with E-state index in [1.807, 2.05) is 0 Å². The Labute approximate surface area is 153 Å². The molecule has 2 aromatic carbocycles. The highest BCUT2D eigenvalue weighted by atomic mass is 35.5. The molecule has 1 nitrogen and oxygen atoms in total. The fraction of sp³-hybridized carbons (Fsp3) is 0.455. The van der Waals surface area contributed by atoms with Crippen molar-refractivity contribution in [3.8, 4) is 0 Å². The minimum Gasteiger partial charge on any atom is -0.300 e. The molecule has 0 aromatic heterocycles. The summed E-state index contributed by atoms with van der Waals surface area (Å²) in [5.41, 5.74) is 2.96. The van der Waals surface area contributed by atoms with Gasteiger partial charge >= 0.3 is 0 Å². The first-order valence-electron chi connectivity index (χ1n) is 9.13. The number of hydrogen-bond acceptors (Lipinski definition) is 1. The van der Waals surface area contributed by atoms with Gasteiger partial charge in [-0.25, -0.2) is 0 Å². The summed E-state index contributed by atoms with van der Waals surface area (Å²) >= 11 is 0. The average Bonchev–Trinajstić information content (AvgIpc) is 2.61. The standard InChI is InChI=1S/C22H29N.ClH/c1-23-21(17-15-19-9-4-2-5-10-19)13-8-14-22(23)18-16-20-11-6-3-7-12-20;/h2-7,9-12,21-22H,8,13-18H2,1H3;1H/t21-,22+;. The summed E-state index contributed by atoms with van der Waals surface area (Å²) in [6, 6.07) is 23.4. The van der Waals surface area contributed by atoms with Crippen LogP contribution in [0, 0.1) is 0 Å². The molecule has 1 fully saturated rings. The summed E-state index contributed by atoms with van der Waals surface area (Å²) in [7, 11) is 2.35. The van der Waals surface area contributed by atoms with Crippen LogP contribution in [-0.2, 0) is 12.8 Å². The monoisotopic (exact) mass is 343 g/mol. The number of piperidine rings is 1.